The Balaban J connectivity index is 3.53. The van der Waals surface area contributed by atoms with Gasteiger partial charge in [0.2, 0.25) is 0 Å². The molecule has 10 heteroatoms. The van der Waals surface area contributed by atoms with Crippen molar-refractivity contribution >= 4 is 37.0 Å². The highest BCUT2D eigenvalue weighted by Gasteiger charge is 2.24. The molecule has 0 fully saturated rings. The van der Waals surface area contributed by atoms with E-state index >= 15 is 0 Å². The van der Waals surface area contributed by atoms with E-state index in [1.54, 1.807) is 0 Å². The van der Waals surface area contributed by atoms with E-state index in [-0.39, 0.29) is 10.7 Å². The van der Waals surface area contributed by atoms with Gasteiger partial charge in [-0.1, -0.05) is 11.6 Å². The maximum atomic E-state index is 11.9. The Morgan fingerprint density at radius 2 is 1.40 bits per heavy atom. The normalized spacial score (nSPS) is 12.6. The molecule has 0 aliphatic rings. The Bertz CT molecular complexity index is 641. The minimum absolute atomic E-state index is 0.202. The summed E-state index contributed by atoms with van der Waals surface area (Å²) in [6, 6.07) is 1.88. The van der Waals surface area contributed by atoms with E-state index in [1.807, 2.05) is 0 Å². The third-order valence-electron chi connectivity index (χ3n) is 2.45. The van der Waals surface area contributed by atoms with E-state index in [1.165, 1.54) is 0 Å². The van der Waals surface area contributed by atoms with Crippen LogP contribution in [0, 0.1) is 0 Å². The van der Waals surface area contributed by atoms with Crippen molar-refractivity contribution in [1.82, 2.24) is 0 Å². The van der Waals surface area contributed by atoms with E-state index in [0.717, 1.165) is 12.1 Å². The van der Waals surface area contributed by atoms with Crippen LogP contribution in [-0.2, 0) is 19.7 Å². The lowest BCUT2D eigenvalue weighted by Gasteiger charge is -2.11. The van der Waals surface area contributed by atoms with Crippen molar-refractivity contribution in [1.29, 1.82) is 0 Å². The van der Waals surface area contributed by atoms with Gasteiger partial charge in [-0.15, -0.1) is 0 Å². The molecule has 0 unspecified atom stereocenters. The van der Waals surface area contributed by atoms with Gasteiger partial charge in [0.05, 0.1) is 45.2 Å². The molecule has 0 radical (unpaired) electrons. The summed E-state index contributed by atoms with van der Waals surface area (Å²) in [6.45, 7) is -1.25. The Hall–Kier alpha value is -0.870. The summed E-state index contributed by atoms with van der Waals surface area (Å²) in [5.74, 6) is -1.17. The van der Waals surface area contributed by atoms with Crippen molar-refractivity contribution in [3.8, 4) is 0 Å². The van der Waals surface area contributed by atoms with Crippen LogP contribution in [0.15, 0.2) is 21.9 Å². The second-order valence-electron chi connectivity index (χ2n) is 3.91. The second kappa shape index (κ2) is 6.27. The molecule has 20 heavy (non-hydrogen) atoms. The van der Waals surface area contributed by atoms with Crippen LogP contribution >= 0.6 is 11.6 Å². The fourth-order valence-electron chi connectivity index (χ4n) is 1.52. The van der Waals surface area contributed by atoms with E-state index in [2.05, 4.69) is 0 Å². The molecule has 4 N–H and O–H groups in total. The predicted molar refractivity (Wildman–Crippen MR) is 74.1 cm³/mol. The number of aliphatic hydroxyl groups excluding tert-OH is 2. The number of benzene rings is 1. The van der Waals surface area contributed by atoms with Gasteiger partial charge < -0.3 is 15.9 Å². The third kappa shape index (κ3) is 3.61. The predicted octanol–water partition coefficient (Wildman–Crippen LogP) is -0.546. The number of hydrogen-bond acceptors (Lipinski definition) is 7. The molecule has 114 valence electrons. The van der Waals surface area contributed by atoms with Gasteiger partial charge >= 0.3 is 0 Å². The number of nitrogens with two attached hydrogens (primary N) is 1. The average molecular weight is 344 g/mol. The maximum Gasteiger partial charge on any atom is 0.182 e. The van der Waals surface area contributed by atoms with Crippen LogP contribution in [0.1, 0.15) is 0 Å². The molecule has 1 aromatic carbocycles. The molecule has 0 spiro atoms. The first-order valence-electron chi connectivity index (χ1n) is 5.42. The summed E-state index contributed by atoms with van der Waals surface area (Å²) in [5, 5.41) is 17.2. The van der Waals surface area contributed by atoms with Gasteiger partial charge in [0.25, 0.3) is 0 Å². The molecule has 0 aliphatic carbocycles. The highest BCUT2D eigenvalue weighted by Crippen LogP contribution is 2.31. The first-order chi connectivity index (χ1) is 9.15. The SMILES string of the molecule is Nc1cc(Cl)c(S(=O)(=O)CCO)cc1S(=O)(=O)CCO. The number of aliphatic hydroxyl groups is 2. The largest absolute Gasteiger partial charge is 0.398 e. The topological polar surface area (TPSA) is 135 Å². The van der Waals surface area contributed by atoms with Gasteiger partial charge in [0.1, 0.15) is 0 Å². The second-order valence-corrected chi connectivity index (χ2v) is 8.47. The number of halogens is 1. The molecule has 7 nitrogen and oxygen atoms in total. The highest BCUT2D eigenvalue weighted by atomic mass is 35.5. The Kier molecular flexibility index (Phi) is 5.39. The van der Waals surface area contributed by atoms with Gasteiger partial charge in [0.15, 0.2) is 19.7 Å². The summed E-state index contributed by atoms with van der Waals surface area (Å²) < 4.78 is 47.5. The van der Waals surface area contributed by atoms with E-state index < -0.39 is 54.2 Å². The first kappa shape index (κ1) is 17.2. The molecule has 0 amide bonds. The molecule has 0 aliphatic heterocycles. The van der Waals surface area contributed by atoms with E-state index in [9.17, 15) is 16.8 Å². The number of sulfone groups is 2. The summed E-state index contributed by atoms with van der Waals surface area (Å²) in [4.78, 5) is -0.827. The molecule has 1 rings (SSSR count). The summed E-state index contributed by atoms with van der Waals surface area (Å²) in [5.41, 5.74) is 5.33. The van der Waals surface area contributed by atoms with Crippen molar-refractivity contribution in [3.05, 3.63) is 17.2 Å². The monoisotopic (exact) mass is 343 g/mol. The fraction of sp³-hybridized carbons (Fsp3) is 0.400. The molecular weight excluding hydrogens is 330 g/mol. The highest BCUT2D eigenvalue weighted by molar-refractivity contribution is 7.92. The van der Waals surface area contributed by atoms with Crippen LogP contribution < -0.4 is 5.73 Å². The molecule has 0 aromatic heterocycles. The Morgan fingerprint density at radius 1 is 0.950 bits per heavy atom. The maximum absolute atomic E-state index is 11.9. The van der Waals surface area contributed by atoms with Crippen LogP contribution in [0.2, 0.25) is 5.02 Å². The van der Waals surface area contributed by atoms with Crippen LogP contribution in [0.4, 0.5) is 5.69 Å². The Labute approximate surface area is 121 Å². The number of hydrogen-bond donors (Lipinski definition) is 3. The number of anilines is 1. The van der Waals surface area contributed by atoms with Gasteiger partial charge in [-0.2, -0.15) is 0 Å². The van der Waals surface area contributed by atoms with Crippen LogP contribution in [0.5, 0.6) is 0 Å². The van der Waals surface area contributed by atoms with Crippen LogP contribution in [0.3, 0.4) is 0 Å². The first-order valence-corrected chi connectivity index (χ1v) is 9.10. The van der Waals surface area contributed by atoms with Gasteiger partial charge in [0, 0.05) is 0 Å². The third-order valence-corrected chi connectivity index (χ3v) is 6.35. The number of nitrogen functional groups attached to an aromatic ring is 1. The molecule has 0 bridgehead atoms. The molecule has 1 aromatic rings. The zero-order chi connectivity index (χ0) is 15.6. The zero-order valence-corrected chi connectivity index (χ0v) is 12.7. The smallest absolute Gasteiger partial charge is 0.182 e. The lowest BCUT2D eigenvalue weighted by Crippen LogP contribution is -2.15. The van der Waals surface area contributed by atoms with E-state index in [0.29, 0.717) is 0 Å². The standard InChI is InChI=1S/C10H14ClNO6S2/c11-7-5-8(12)10(20(17,18)4-2-14)6-9(7)19(15,16)3-1-13/h5-6,13-14H,1-4,12H2. The van der Waals surface area contributed by atoms with Crippen LogP contribution in [-0.4, -0.2) is 51.8 Å². The number of rotatable bonds is 6. The van der Waals surface area contributed by atoms with E-state index in [4.69, 9.17) is 27.5 Å². The molecule has 0 saturated carbocycles. The van der Waals surface area contributed by atoms with Gasteiger partial charge in [-0.3, -0.25) is 0 Å². The van der Waals surface area contributed by atoms with Crippen molar-refractivity contribution in [2.45, 2.75) is 9.79 Å². The minimum Gasteiger partial charge on any atom is -0.398 e. The fourth-order valence-corrected chi connectivity index (χ4v) is 4.41. The summed E-state index contributed by atoms with van der Waals surface area (Å²) in [6.07, 6.45) is 0. The molecule has 0 atom stereocenters. The lowest BCUT2D eigenvalue weighted by atomic mass is 10.3. The molecular formula is C10H14ClNO6S2. The summed E-state index contributed by atoms with van der Waals surface area (Å²) >= 11 is 5.76. The van der Waals surface area contributed by atoms with Gasteiger partial charge in [-0.25, -0.2) is 16.8 Å². The van der Waals surface area contributed by atoms with Crippen LogP contribution in [0.25, 0.3) is 0 Å². The average Bonchev–Trinajstić information content (AvgIpc) is 2.27. The Morgan fingerprint density at radius 3 is 1.85 bits per heavy atom. The quantitative estimate of drug-likeness (QED) is 0.590. The van der Waals surface area contributed by atoms with Crippen molar-refractivity contribution in [3.63, 3.8) is 0 Å². The van der Waals surface area contributed by atoms with Crippen molar-refractivity contribution < 1.29 is 27.0 Å². The van der Waals surface area contributed by atoms with Crippen molar-refractivity contribution in [2.24, 2.45) is 0 Å². The molecule has 0 saturated heterocycles. The van der Waals surface area contributed by atoms with Crippen molar-refractivity contribution in [2.75, 3.05) is 30.5 Å². The summed E-state index contributed by atoms with van der Waals surface area (Å²) in [7, 11) is -7.84. The van der Waals surface area contributed by atoms with Gasteiger partial charge in [-0.05, 0) is 12.1 Å². The molecule has 0 heterocycles. The zero-order valence-electron chi connectivity index (χ0n) is 10.3. The lowest BCUT2D eigenvalue weighted by molar-refractivity contribution is 0.319. The minimum atomic E-state index is -3.92.